The molecule has 4 nitrogen and oxygen atoms in total. The van der Waals surface area contributed by atoms with Gasteiger partial charge in [-0.25, -0.2) is 22.5 Å². The molecule has 1 aromatic carbocycles. The van der Waals surface area contributed by atoms with Gasteiger partial charge in [-0.1, -0.05) is 0 Å². The van der Waals surface area contributed by atoms with Gasteiger partial charge in [-0.05, 0) is 43.5 Å². The van der Waals surface area contributed by atoms with Crippen LogP contribution in [0.3, 0.4) is 0 Å². The smallest absolute Gasteiger partial charge is 0.240 e. The molecular weight excluding hydrogens is 311 g/mol. The lowest BCUT2D eigenvalue weighted by molar-refractivity contribution is 0.579. The van der Waals surface area contributed by atoms with E-state index in [1.165, 1.54) is 31.9 Å². The molecule has 1 heterocycles. The molecule has 7 heteroatoms. The highest BCUT2D eigenvalue weighted by molar-refractivity contribution is 7.89. The van der Waals surface area contributed by atoms with Crippen molar-refractivity contribution >= 4 is 21.4 Å². The zero-order valence-corrected chi connectivity index (χ0v) is 13.1. The maximum Gasteiger partial charge on any atom is 0.240 e. The van der Waals surface area contributed by atoms with Crippen molar-refractivity contribution in [1.29, 1.82) is 0 Å². The molecule has 1 fully saturated rings. The van der Waals surface area contributed by atoms with E-state index < -0.39 is 15.8 Å². The van der Waals surface area contributed by atoms with Gasteiger partial charge in [0.1, 0.15) is 5.82 Å². The van der Waals surface area contributed by atoms with Crippen molar-refractivity contribution in [1.82, 2.24) is 9.71 Å². The summed E-state index contributed by atoms with van der Waals surface area (Å²) in [7, 11) is -3.65. The highest BCUT2D eigenvalue weighted by Crippen LogP contribution is 2.41. The molecule has 1 aliphatic carbocycles. The lowest BCUT2D eigenvalue weighted by atomic mass is 10.2. The third-order valence-electron chi connectivity index (χ3n) is 3.38. The van der Waals surface area contributed by atoms with E-state index in [4.69, 9.17) is 0 Å². The molecule has 0 aliphatic heterocycles. The SMILES string of the molecule is Cc1cc(S(=O)(=O)NCc2csc(C3CC3)n2)ccc1F. The second kappa shape index (κ2) is 5.47. The zero-order valence-electron chi connectivity index (χ0n) is 11.5. The van der Waals surface area contributed by atoms with Crippen LogP contribution in [-0.2, 0) is 16.6 Å². The van der Waals surface area contributed by atoms with Crippen LogP contribution in [0.25, 0.3) is 0 Å². The van der Waals surface area contributed by atoms with Gasteiger partial charge in [-0.15, -0.1) is 11.3 Å². The van der Waals surface area contributed by atoms with E-state index in [1.54, 1.807) is 11.3 Å². The van der Waals surface area contributed by atoms with Crippen LogP contribution in [0, 0.1) is 12.7 Å². The number of nitrogens with zero attached hydrogens (tertiary/aromatic N) is 1. The molecule has 2 aromatic rings. The van der Waals surface area contributed by atoms with Crippen LogP contribution in [0.15, 0.2) is 28.5 Å². The minimum atomic E-state index is -3.65. The summed E-state index contributed by atoms with van der Waals surface area (Å²) in [4.78, 5) is 4.50. The lowest BCUT2D eigenvalue weighted by Crippen LogP contribution is -2.23. The first-order valence-electron chi connectivity index (χ1n) is 6.66. The van der Waals surface area contributed by atoms with Crippen molar-refractivity contribution in [2.75, 3.05) is 0 Å². The van der Waals surface area contributed by atoms with E-state index in [-0.39, 0.29) is 11.4 Å². The number of aryl methyl sites for hydroxylation is 1. The Morgan fingerprint density at radius 2 is 2.19 bits per heavy atom. The average molecular weight is 326 g/mol. The van der Waals surface area contributed by atoms with Crippen molar-refractivity contribution < 1.29 is 12.8 Å². The molecule has 0 bridgehead atoms. The van der Waals surface area contributed by atoms with E-state index in [1.807, 2.05) is 5.38 Å². The number of halogens is 1. The standard InChI is InChI=1S/C14H15FN2O2S2/c1-9-6-12(4-5-13(9)15)21(18,19)16-7-11-8-20-14(17-11)10-2-3-10/h4-6,8,10,16H,2-3,7H2,1H3. The number of hydrogen-bond donors (Lipinski definition) is 1. The van der Waals surface area contributed by atoms with Crippen molar-refractivity contribution in [3.63, 3.8) is 0 Å². The first kappa shape index (κ1) is 14.6. The molecule has 1 N–H and O–H groups in total. The fourth-order valence-corrected chi connectivity index (χ4v) is 4.03. The van der Waals surface area contributed by atoms with Gasteiger partial charge in [0.25, 0.3) is 0 Å². The Morgan fingerprint density at radius 1 is 1.43 bits per heavy atom. The number of benzene rings is 1. The highest BCUT2D eigenvalue weighted by Gasteiger charge is 2.26. The molecule has 1 aromatic heterocycles. The number of aromatic nitrogens is 1. The van der Waals surface area contributed by atoms with E-state index in [2.05, 4.69) is 9.71 Å². The van der Waals surface area contributed by atoms with Crippen molar-refractivity contribution in [2.45, 2.75) is 37.1 Å². The summed E-state index contributed by atoms with van der Waals surface area (Å²) in [6.07, 6.45) is 2.35. The monoisotopic (exact) mass is 326 g/mol. The van der Waals surface area contributed by atoms with Gasteiger partial charge in [-0.2, -0.15) is 0 Å². The Balaban J connectivity index is 1.71. The summed E-state index contributed by atoms with van der Waals surface area (Å²) in [5.74, 6) is 0.155. The predicted molar refractivity (Wildman–Crippen MR) is 79.3 cm³/mol. The largest absolute Gasteiger partial charge is 0.245 e. The Kier molecular flexibility index (Phi) is 3.81. The molecule has 0 unspecified atom stereocenters. The topological polar surface area (TPSA) is 59.1 Å². The minimum Gasteiger partial charge on any atom is -0.245 e. The van der Waals surface area contributed by atoms with Crippen LogP contribution in [-0.4, -0.2) is 13.4 Å². The molecule has 0 amide bonds. The van der Waals surface area contributed by atoms with Crippen LogP contribution in [0.4, 0.5) is 4.39 Å². The highest BCUT2D eigenvalue weighted by atomic mass is 32.2. The van der Waals surface area contributed by atoms with E-state index in [9.17, 15) is 12.8 Å². The first-order valence-corrected chi connectivity index (χ1v) is 9.02. The Morgan fingerprint density at radius 3 is 2.86 bits per heavy atom. The van der Waals surface area contributed by atoms with Gasteiger partial charge in [0.05, 0.1) is 22.1 Å². The van der Waals surface area contributed by atoms with Crippen LogP contribution >= 0.6 is 11.3 Å². The Bertz CT molecular complexity index is 767. The summed E-state index contributed by atoms with van der Waals surface area (Å²) in [6.45, 7) is 1.69. The molecule has 0 atom stereocenters. The summed E-state index contributed by atoms with van der Waals surface area (Å²) in [5, 5.41) is 2.97. The molecule has 1 saturated carbocycles. The first-order chi connectivity index (χ1) is 9.95. The summed E-state index contributed by atoms with van der Waals surface area (Å²) in [6, 6.07) is 3.76. The van der Waals surface area contributed by atoms with Crippen LogP contribution in [0.2, 0.25) is 0 Å². The number of rotatable bonds is 5. The normalized spacial score (nSPS) is 15.3. The minimum absolute atomic E-state index is 0.0686. The molecule has 0 radical (unpaired) electrons. The molecule has 1 aliphatic rings. The Hall–Kier alpha value is -1.31. The van der Waals surface area contributed by atoms with Gasteiger partial charge in [0.2, 0.25) is 10.0 Å². The molecule has 0 spiro atoms. The van der Waals surface area contributed by atoms with Crippen LogP contribution < -0.4 is 4.72 Å². The molecule has 3 rings (SSSR count). The summed E-state index contributed by atoms with van der Waals surface area (Å²) in [5.41, 5.74) is 1.03. The maximum absolute atomic E-state index is 13.2. The fraction of sp³-hybridized carbons (Fsp3) is 0.357. The molecule has 0 saturated heterocycles. The van der Waals surface area contributed by atoms with Crippen molar-refractivity contribution in [3.05, 3.63) is 45.7 Å². The van der Waals surface area contributed by atoms with Crippen molar-refractivity contribution in [3.8, 4) is 0 Å². The second-order valence-electron chi connectivity index (χ2n) is 5.19. The third-order valence-corrected chi connectivity index (χ3v) is 5.83. The molecule has 21 heavy (non-hydrogen) atoms. The lowest BCUT2D eigenvalue weighted by Gasteiger charge is -2.06. The quantitative estimate of drug-likeness (QED) is 0.919. The van der Waals surface area contributed by atoms with E-state index in [0.29, 0.717) is 11.5 Å². The van der Waals surface area contributed by atoms with Crippen LogP contribution in [0.1, 0.15) is 35.0 Å². The maximum atomic E-state index is 13.2. The second-order valence-corrected chi connectivity index (χ2v) is 7.84. The van der Waals surface area contributed by atoms with E-state index in [0.717, 1.165) is 16.8 Å². The van der Waals surface area contributed by atoms with Gasteiger partial charge in [-0.3, -0.25) is 0 Å². The fourth-order valence-electron chi connectivity index (χ4n) is 1.96. The molecular formula is C14H15FN2O2S2. The summed E-state index contributed by atoms with van der Waals surface area (Å²) < 4.78 is 40.0. The Labute approximate surface area is 127 Å². The van der Waals surface area contributed by atoms with Gasteiger partial charge >= 0.3 is 0 Å². The average Bonchev–Trinajstić information content (AvgIpc) is 3.19. The van der Waals surface area contributed by atoms with E-state index >= 15 is 0 Å². The number of hydrogen-bond acceptors (Lipinski definition) is 4. The third kappa shape index (κ3) is 3.30. The number of sulfonamides is 1. The zero-order chi connectivity index (χ0) is 15.0. The van der Waals surface area contributed by atoms with Crippen molar-refractivity contribution in [2.24, 2.45) is 0 Å². The van der Waals surface area contributed by atoms with Gasteiger partial charge in [0, 0.05) is 11.3 Å². The number of thiazole rings is 1. The molecule has 112 valence electrons. The predicted octanol–water partition coefficient (Wildman–Crippen LogP) is 2.95. The van der Waals surface area contributed by atoms with Gasteiger partial charge in [0.15, 0.2) is 0 Å². The van der Waals surface area contributed by atoms with Crippen LogP contribution in [0.5, 0.6) is 0 Å². The number of nitrogens with one attached hydrogen (secondary N) is 1. The summed E-state index contributed by atoms with van der Waals surface area (Å²) >= 11 is 1.58. The van der Waals surface area contributed by atoms with Gasteiger partial charge < -0.3 is 0 Å².